The Labute approximate surface area is 111 Å². The topological polar surface area (TPSA) is 0 Å². The molecule has 0 saturated carbocycles. The van der Waals surface area contributed by atoms with Gasteiger partial charge in [0.1, 0.15) is 0 Å². The van der Waals surface area contributed by atoms with Crippen LogP contribution >= 0.6 is 12.4 Å². The van der Waals surface area contributed by atoms with E-state index in [1.165, 1.54) is 24.3 Å². The zero-order valence-corrected chi connectivity index (χ0v) is 11.1. The monoisotopic (exact) mass is 306 g/mol. The van der Waals surface area contributed by atoms with Crippen LogP contribution in [0.3, 0.4) is 0 Å². The van der Waals surface area contributed by atoms with E-state index >= 15 is 0 Å². The van der Waals surface area contributed by atoms with Crippen molar-refractivity contribution < 1.29 is 20.4 Å². The van der Waals surface area contributed by atoms with Gasteiger partial charge in [0, 0.05) is 20.4 Å². The van der Waals surface area contributed by atoms with Crippen LogP contribution in [0, 0.1) is 27.7 Å². The van der Waals surface area contributed by atoms with E-state index in [1.54, 1.807) is 0 Å². The van der Waals surface area contributed by atoms with Crippen LogP contribution in [0.1, 0.15) is 0 Å². The molecule has 0 aromatic carbocycles. The molecular weight excluding hydrogens is 286 g/mol. The molecule has 0 bridgehead atoms. The molecular formula is C12H21ClPd-4. The van der Waals surface area contributed by atoms with Crippen molar-refractivity contribution in [2.75, 3.05) is 0 Å². The predicted molar refractivity (Wildman–Crippen MR) is 69.5 cm³/mol. The van der Waals surface area contributed by atoms with E-state index in [0.717, 1.165) is 0 Å². The number of halogens is 1. The number of rotatable bonds is 0. The summed E-state index contributed by atoms with van der Waals surface area (Å²) in [6.45, 7) is 26.0. The Bertz CT molecular complexity index is 64.3. The van der Waals surface area contributed by atoms with Gasteiger partial charge >= 0.3 is 0 Å². The first-order valence-corrected chi connectivity index (χ1v) is 3.27. The summed E-state index contributed by atoms with van der Waals surface area (Å²) in [5, 5.41) is 0. The molecule has 0 atom stereocenters. The fraction of sp³-hybridized carbons (Fsp3) is 0. The second-order valence-electron chi connectivity index (χ2n) is 1.15. The number of hydrogen-bond acceptors (Lipinski definition) is 0. The third-order valence-corrected chi connectivity index (χ3v) is 0. The molecule has 2 heteroatoms. The van der Waals surface area contributed by atoms with Gasteiger partial charge in [-0.3, -0.25) is 0 Å². The van der Waals surface area contributed by atoms with E-state index in [-0.39, 0.29) is 32.8 Å². The minimum Gasteiger partial charge on any atom is -0.245 e. The van der Waals surface area contributed by atoms with Gasteiger partial charge in [-0.1, -0.05) is 0 Å². The standard InChI is InChI=1S/4C3H5.ClH.Pd/c4*1-3-2;;/h4*3H,1-2H2;1H;/q4*-1;;. The fourth-order valence-electron chi connectivity index (χ4n) is 0. The fourth-order valence-corrected chi connectivity index (χ4v) is 0. The summed E-state index contributed by atoms with van der Waals surface area (Å²) in [5.74, 6) is 0. The molecule has 0 aromatic heterocycles. The Morgan fingerprint density at radius 1 is 0.571 bits per heavy atom. The molecule has 0 radical (unpaired) electrons. The Morgan fingerprint density at radius 2 is 0.571 bits per heavy atom. The summed E-state index contributed by atoms with van der Waals surface area (Å²) >= 11 is 0. The molecule has 0 aromatic rings. The van der Waals surface area contributed by atoms with Gasteiger partial charge in [-0.25, -0.2) is 78.3 Å². The van der Waals surface area contributed by atoms with Crippen molar-refractivity contribution in [3.05, 3.63) is 78.3 Å². The molecule has 0 aliphatic heterocycles. The van der Waals surface area contributed by atoms with Crippen LogP contribution in [0.15, 0.2) is 50.6 Å². The maximum Gasteiger partial charge on any atom is 0 e. The predicted octanol–water partition coefficient (Wildman–Crippen LogP) is 4.45. The molecule has 0 unspecified atom stereocenters. The summed E-state index contributed by atoms with van der Waals surface area (Å²) in [6, 6.07) is 0. The number of allylic oxidation sites excluding steroid dienone is 4. The summed E-state index contributed by atoms with van der Waals surface area (Å²) in [5.41, 5.74) is 0. The Hall–Kier alpha value is -0.608. The van der Waals surface area contributed by atoms with Crippen molar-refractivity contribution in [3.63, 3.8) is 0 Å². The third kappa shape index (κ3) is 3330. The van der Waals surface area contributed by atoms with Gasteiger partial charge in [-0.05, 0) is 0 Å². The molecule has 0 heterocycles. The maximum atomic E-state index is 3.25. The first-order chi connectivity index (χ1) is 5.66. The molecule has 0 aliphatic rings. The normalized spacial score (nSPS) is 3.43. The van der Waals surface area contributed by atoms with E-state index < -0.39 is 0 Å². The van der Waals surface area contributed by atoms with Crippen molar-refractivity contribution in [1.29, 1.82) is 0 Å². The minimum atomic E-state index is 0. The summed E-state index contributed by atoms with van der Waals surface area (Å²) in [6.07, 6.45) is 6.00. The first kappa shape index (κ1) is 37.6. The average Bonchev–Trinajstić information content (AvgIpc) is 1.92. The van der Waals surface area contributed by atoms with Crippen LogP contribution < -0.4 is 0 Å². The van der Waals surface area contributed by atoms with E-state index in [0.29, 0.717) is 0 Å². The Morgan fingerprint density at radius 3 is 0.571 bits per heavy atom. The molecule has 0 fully saturated rings. The quantitative estimate of drug-likeness (QED) is 0.458. The van der Waals surface area contributed by atoms with Crippen LogP contribution in [0.25, 0.3) is 0 Å². The van der Waals surface area contributed by atoms with Crippen molar-refractivity contribution in [3.8, 4) is 0 Å². The molecule has 0 rings (SSSR count). The molecule has 0 nitrogen and oxygen atoms in total. The second-order valence-corrected chi connectivity index (χ2v) is 1.15. The van der Waals surface area contributed by atoms with Gasteiger partial charge in [0.25, 0.3) is 0 Å². The van der Waals surface area contributed by atoms with Gasteiger partial charge in [-0.2, -0.15) is 0 Å². The van der Waals surface area contributed by atoms with E-state index in [4.69, 9.17) is 0 Å². The van der Waals surface area contributed by atoms with Gasteiger partial charge in [0.2, 0.25) is 0 Å². The van der Waals surface area contributed by atoms with Crippen LogP contribution in [0.2, 0.25) is 0 Å². The van der Waals surface area contributed by atoms with Crippen molar-refractivity contribution in [2.45, 2.75) is 0 Å². The molecule has 0 N–H and O–H groups in total. The van der Waals surface area contributed by atoms with E-state index in [9.17, 15) is 0 Å². The minimum absolute atomic E-state index is 0. The van der Waals surface area contributed by atoms with E-state index in [1.807, 2.05) is 0 Å². The maximum absolute atomic E-state index is 3.25. The molecule has 90 valence electrons. The summed E-state index contributed by atoms with van der Waals surface area (Å²) in [4.78, 5) is 0. The molecule has 14 heavy (non-hydrogen) atoms. The molecule has 0 amide bonds. The van der Waals surface area contributed by atoms with Crippen LogP contribution in [0.5, 0.6) is 0 Å². The Kier molecular flexibility index (Phi) is 376. The van der Waals surface area contributed by atoms with Crippen LogP contribution in [0.4, 0.5) is 0 Å². The van der Waals surface area contributed by atoms with Gasteiger partial charge in [0.15, 0.2) is 0 Å². The molecule has 0 aliphatic carbocycles. The van der Waals surface area contributed by atoms with E-state index in [2.05, 4.69) is 54.0 Å². The van der Waals surface area contributed by atoms with Gasteiger partial charge in [-0.15, -0.1) is 12.4 Å². The largest absolute Gasteiger partial charge is 0.245 e. The third-order valence-electron chi connectivity index (χ3n) is 0. The van der Waals surface area contributed by atoms with Crippen molar-refractivity contribution in [1.82, 2.24) is 0 Å². The van der Waals surface area contributed by atoms with Gasteiger partial charge < -0.3 is 0 Å². The smallest absolute Gasteiger partial charge is 0 e. The summed E-state index contributed by atoms with van der Waals surface area (Å²) < 4.78 is 0. The first-order valence-electron chi connectivity index (χ1n) is 3.27. The van der Waals surface area contributed by atoms with Crippen molar-refractivity contribution >= 4 is 12.4 Å². The number of hydrogen-bond donors (Lipinski definition) is 0. The zero-order valence-electron chi connectivity index (χ0n) is 8.69. The van der Waals surface area contributed by atoms with Crippen LogP contribution in [-0.2, 0) is 20.4 Å². The zero-order chi connectivity index (χ0) is 10.8. The second kappa shape index (κ2) is 140. The Balaban J connectivity index is -0.0000000145. The SMILES string of the molecule is C=C[CH2-].C=C[CH2-].C=C[CH2-].C=C[CH2-].Cl.[Pd]. The van der Waals surface area contributed by atoms with Gasteiger partial charge in [0.05, 0.1) is 0 Å². The summed E-state index contributed by atoms with van der Waals surface area (Å²) in [7, 11) is 0. The van der Waals surface area contributed by atoms with Crippen LogP contribution in [-0.4, -0.2) is 0 Å². The molecule has 0 saturated heterocycles. The van der Waals surface area contributed by atoms with Crippen molar-refractivity contribution in [2.24, 2.45) is 0 Å². The average molecular weight is 307 g/mol. The molecule has 0 spiro atoms.